The van der Waals surface area contributed by atoms with Crippen LogP contribution in [-0.4, -0.2) is 11.1 Å². The van der Waals surface area contributed by atoms with Gasteiger partial charge >= 0.3 is 5.97 Å². The van der Waals surface area contributed by atoms with Crippen molar-refractivity contribution in [1.82, 2.24) is 0 Å². The fraction of sp³-hybridized carbons (Fsp3) is 0.100. The predicted molar refractivity (Wildman–Crippen MR) is 55.5 cm³/mol. The van der Waals surface area contributed by atoms with Crippen molar-refractivity contribution >= 4 is 28.0 Å². The van der Waals surface area contributed by atoms with Crippen molar-refractivity contribution in [2.75, 3.05) is 0 Å². The minimum absolute atomic E-state index is 0.263. The van der Waals surface area contributed by atoms with Crippen LogP contribution < -0.4 is 0 Å². The molecule has 2 nitrogen and oxygen atoms in total. The number of hydrogen-bond acceptors (Lipinski definition) is 1. The van der Waals surface area contributed by atoms with Crippen LogP contribution in [-0.2, 0) is 4.79 Å². The largest absolute Gasteiger partial charge is 0.478 e. The Balaban J connectivity index is 3.14. The Morgan fingerprint density at radius 3 is 2.79 bits per heavy atom. The summed E-state index contributed by atoms with van der Waals surface area (Å²) in [6.45, 7) is 1.62. The highest BCUT2D eigenvalue weighted by Crippen LogP contribution is 2.20. The molecule has 0 aliphatic rings. The number of hydrogen-bond donors (Lipinski definition) is 1. The fourth-order valence-corrected chi connectivity index (χ4v) is 1.62. The van der Waals surface area contributed by atoms with Gasteiger partial charge in [-0.15, -0.1) is 0 Å². The Hall–Kier alpha value is -1.16. The summed E-state index contributed by atoms with van der Waals surface area (Å²) < 4.78 is 14.1. The van der Waals surface area contributed by atoms with Gasteiger partial charge in [-0.2, -0.15) is 0 Å². The van der Waals surface area contributed by atoms with Gasteiger partial charge in [-0.1, -0.05) is 15.9 Å². The first-order chi connectivity index (χ1) is 6.50. The number of aliphatic carboxylic acids is 1. The van der Waals surface area contributed by atoms with Crippen LogP contribution in [0.25, 0.3) is 6.08 Å². The first-order valence-corrected chi connectivity index (χ1v) is 4.66. The lowest BCUT2D eigenvalue weighted by Gasteiger charge is -2.01. The SMILES string of the molecule is Cc1cc(Br)cc(/C=C/C(=O)O)c1F. The second-order valence-electron chi connectivity index (χ2n) is 2.80. The zero-order valence-corrected chi connectivity index (χ0v) is 9.01. The van der Waals surface area contributed by atoms with Gasteiger partial charge in [0.05, 0.1) is 0 Å². The van der Waals surface area contributed by atoms with E-state index >= 15 is 0 Å². The number of aryl methyl sites for hydroxylation is 1. The molecule has 14 heavy (non-hydrogen) atoms. The molecule has 1 aromatic carbocycles. The molecule has 0 bridgehead atoms. The van der Waals surface area contributed by atoms with E-state index in [-0.39, 0.29) is 5.56 Å². The minimum Gasteiger partial charge on any atom is -0.478 e. The third-order valence-corrected chi connectivity index (χ3v) is 2.11. The third-order valence-electron chi connectivity index (χ3n) is 1.65. The monoisotopic (exact) mass is 258 g/mol. The smallest absolute Gasteiger partial charge is 0.328 e. The molecule has 0 spiro atoms. The molecule has 0 aliphatic carbocycles. The Morgan fingerprint density at radius 2 is 2.21 bits per heavy atom. The lowest BCUT2D eigenvalue weighted by Crippen LogP contribution is -1.90. The van der Waals surface area contributed by atoms with E-state index in [1.165, 1.54) is 12.1 Å². The van der Waals surface area contributed by atoms with Crippen molar-refractivity contribution < 1.29 is 14.3 Å². The van der Waals surface area contributed by atoms with Crippen molar-refractivity contribution in [2.24, 2.45) is 0 Å². The summed E-state index contributed by atoms with van der Waals surface area (Å²) in [5.74, 6) is -1.49. The highest BCUT2D eigenvalue weighted by atomic mass is 79.9. The van der Waals surface area contributed by atoms with E-state index in [0.29, 0.717) is 5.56 Å². The lowest BCUT2D eigenvalue weighted by molar-refractivity contribution is -0.131. The number of benzene rings is 1. The van der Waals surface area contributed by atoms with Gasteiger partial charge in [-0.05, 0) is 30.7 Å². The molecule has 1 rings (SSSR count). The normalized spacial score (nSPS) is 10.8. The number of halogens is 2. The first-order valence-electron chi connectivity index (χ1n) is 3.87. The minimum atomic E-state index is -1.10. The molecule has 0 saturated heterocycles. The van der Waals surface area contributed by atoms with Crippen LogP contribution in [0.1, 0.15) is 11.1 Å². The molecular formula is C10H8BrFO2. The maximum absolute atomic E-state index is 13.4. The third kappa shape index (κ3) is 2.67. The van der Waals surface area contributed by atoms with Gasteiger partial charge in [0.1, 0.15) is 5.82 Å². The summed E-state index contributed by atoms with van der Waals surface area (Å²) in [6.07, 6.45) is 2.14. The van der Waals surface area contributed by atoms with Crippen molar-refractivity contribution in [2.45, 2.75) is 6.92 Å². The van der Waals surface area contributed by atoms with Crippen LogP contribution in [0, 0.1) is 12.7 Å². The maximum Gasteiger partial charge on any atom is 0.328 e. The molecule has 0 saturated carbocycles. The topological polar surface area (TPSA) is 37.3 Å². The lowest BCUT2D eigenvalue weighted by atomic mass is 10.1. The Morgan fingerprint density at radius 1 is 1.57 bits per heavy atom. The van der Waals surface area contributed by atoms with E-state index in [0.717, 1.165) is 10.5 Å². The second kappa shape index (κ2) is 4.37. The Labute approximate surface area is 89.2 Å². The molecule has 0 unspecified atom stereocenters. The summed E-state index contributed by atoms with van der Waals surface area (Å²) >= 11 is 3.21. The molecule has 74 valence electrons. The average molecular weight is 259 g/mol. The molecule has 1 aromatic rings. The van der Waals surface area contributed by atoms with E-state index in [1.807, 2.05) is 0 Å². The number of carboxylic acid groups (broad SMARTS) is 1. The molecule has 0 amide bonds. The zero-order valence-electron chi connectivity index (χ0n) is 7.42. The molecule has 0 radical (unpaired) electrons. The van der Waals surface area contributed by atoms with Crippen molar-refractivity contribution in [3.8, 4) is 0 Å². The molecule has 0 aromatic heterocycles. The van der Waals surface area contributed by atoms with Crippen LogP contribution in [0.4, 0.5) is 4.39 Å². The molecule has 0 aliphatic heterocycles. The average Bonchev–Trinajstić information content (AvgIpc) is 2.08. The van der Waals surface area contributed by atoms with E-state index in [2.05, 4.69) is 15.9 Å². The molecule has 0 fully saturated rings. The highest BCUT2D eigenvalue weighted by Gasteiger charge is 2.04. The van der Waals surface area contributed by atoms with Crippen molar-refractivity contribution in [3.05, 3.63) is 39.6 Å². The summed E-state index contributed by atoms with van der Waals surface area (Å²) in [5.41, 5.74) is 0.740. The molecular weight excluding hydrogens is 251 g/mol. The van der Waals surface area contributed by atoms with Gasteiger partial charge in [0.2, 0.25) is 0 Å². The number of carboxylic acids is 1. The summed E-state index contributed by atoms with van der Waals surface area (Å²) in [4.78, 5) is 10.2. The van der Waals surface area contributed by atoms with E-state index in [4.69, 9.17) is 5.11 Å². The fourth-order valence-electron chi connectivity index (χ4n) is 1.03. The van der Waals surface area contributed by atoms with Gasteiger partial charge in [0, 0.05) is 16.1 Å². The number of rotatable bonds is 2. The van der Waals surface area contributed by atoms with Crippen molar-refractivity contribution in [1.29, 1.82) is 0 Å². The molecule has 0 heterocycles. The Bertz CT molecular complexity index is 399. The quantitative estimate of drug-likeness (QED) is 0.829. The van der Waals surface area contributed by atoms with Gasteiger partial charge in [0.15, 0.2) is 0 Å². The standard InChI is InChI=1S/C10H8BrFO2/c1-6-4-8(11)5-7(10(6)12)2-3-9(13)14/h2-5H,1H3,(H,13,14)/b3-2+. The van der Waals surface area contributed by atoms with E-state index in [9.17, 15) is 9.18 Å². The summed E-state index contributed by atoms with van der Waals surface area (Å²) in [7, 11) is 0. The molecule has 1 N–H and O–H groups in total. The molecule has 4 heteroatoms. The van der Waals surface area contributed by atoms with Gasteiger partial charge in [-0.25, -0.2) is 9.18 Å². The Kier molecular flexibility index (Phi) is 3.41. The predicted octanol–water partition coefficient (Wildman–Crippen LogP) is 2.99. The van der Waals surface area contributed by atoms with Gasteiger partial charge < -0.3 is 5.11 Å². The van der Waals surface area contributed by atoms with Crippen LogP contribution in [0.3, 0.4) is 0 Å². The van der Waals surface area contributed by atoms with Crippen molar-refractivity contribution in [3.63, 3.8) is 0 Å². The summed E-state index contributed by atoms with van der Waals surface area (Å²) in [5, 5.41) is 8.38. The van der Waals surface area contributed by atoms with E-state index in [1.54, 1.807) is 13.0 Å². The summed E-state index contributed by atoms with van der Waals surface area (Å²) in [6, 6.07) is 3.16. The zero-order chi connectivity index (χ0) is 10.7. The second-order valence-corrected chi connectivity index (χ2v) is 3.71. The van der Waals surface area contributed by atoms with Crippen LogP contribution in [0.15, 0.2) is 22.7 Å². The maximum atomic E-state index is 13.4. The highest BCUT2D eigenvalue weighted by molar-refractivity contribution is 9.10. The van der Waals surface area contributed by atoms with Crippen LogP contribution in [0.2, 0.25) is 0 Å². The van der Waals surface area contributed by atoms with Gasteiger partial charge in [0.25, 0.3) is 0 Å². The number of carbonyl (C=O) groups is 1. The first kappa shape index (κ1) is 10.9. The van der Waals surface area contributed by atoms with Gasteiger partial charge in [-0.3, -0.25) is 0 Å². The van der Waals surface area contributed by atoms with E-state index < -0.39 is 11.8 Å². The van der Waals surface area contributed by atoms with Crippen LogP contribution >= 0.6 is 15.9 Å². The molecule has 0 atom stereocenters. The van der Waals surface area contributed by atoms with Crippen LogP contribution in [0.5, 0.6) is 0 Å².